The van der Waals surface area contributed by atoms with E-state index < -0.39 is 10.6 Å². The van der Waals surface area contributed by atoms with E-state index in [1.807, 2.05) is 25.2 Å². The predicted octanol–water partition coefficient (Wildman–Crippen LogP) is 2.57. The van der Waals surface area contributed by atoms with Crippen molar-refractivity contribution in [1.29, 1.82) is 0 Å². The van der Waals surface area contributed by atoms with Gasteiger partial charge in [0, 0.05) is 24.6 Å². The smallest absolute Gasteiger partial charge is 0.269 e. The Morgan fingerprint density at radius 2 is 2.05 bits per heavy atom. The molecule has 5 nitrogen and oxygen atoms in total. The minimum absolute atomic E-state index is 0.0550. The summed E-state index contributed by atoms with van der Waals surface area (Å²) < 4.78 is 0. The van der Waals surface area contributed by atoms with Crippen molar-refractivity contribution in [3.05, 3.63) is 64.2 Å². The van der Waals surface area contributed by atoms with Gasteiger partial charge >= 0.3 is 0 Å². The predicted molar refractivity (Wildman–Crippen MR) is 81.8 cm³/mol. The summed E-state index contributed by atoms with van der Waals surface area (Å²) in [6.45, 7) is 2.64. The van der Waals surface area contributed by atoms with Crippen LogP contribution in [0.25, 0.3) is 0 Å². The van der Waals surface area contributed by atoms with E-state index in [0.717, 1.165) is 12.0 Å². The highest BCUT2D eigenvalue weighted by molar-refractivity contribution is 5.33. The van der Waals surface area contributed by atoms with Gasteiger partial charge in [-0.25, -0.2) is 0 Å². The Kier molecular flexibility index (Phi) is 4.88. The molecule has 0 saturated heterocycles. The third-order valence-corrected chi connectivity index (χ3v) is 3.78. The Labute approximate surface area is 124 Å². The first-order chi connectivity index (χ1) is 10.0. The standard InChI is InChI=1S/C16H20N2O3/c1-2-14-5-3-4-11-16(14,19)17-12-10-13-6-8-15(9-7-13)18(20)21/h3-9,11,14,17,19H,2,10,12H2,1H3/t14-,16?/m1/s1. The molecule has 1 aromatic rings. The van der Waals surface area contributed by atoms with E-state index in [1.54, 1.807) is 18.2 Å². The number of aliphatic hydroxyl groups is 1. The van der Waals surface area contributed by atoms with Gasteiger partial charge < -0.3 is 5.11 Å². The number of hydrogen-bond acceptors (Lipinski definition) is 4. The van der Waals surface area contributed by atoms with Crippen LogP contribution in [-0.2, 0) is 6.42 Å². The first-order valence-corrected chi connectivity index (χ1v) is 7.12. The number of nitrogens with zero attached hydrogens (tertiary/aromatic N) is 1. The molecule has 0 saturated carbocycles. The molecule has 2 atom stereocenters. The van der Waals surface area contributed by atoms with Crippen LogP contribution in [-0.4, -0.2) is 22.3 Å². The van der Waals surface area contributed by atoms with E-state index in [9.17, 15) is 15.2 Å². The Balaban J connectivity index is 1.90. The summed E-state index contributed by atoms with van der Waals surface area (Å²) in [5.74, 6) is 0.0550. The zero-order valence-electron chi connectivity index (χ0n) is 12.0. The molecular weight excluding hydrogens is 268 g/mol. The molecule has 0 radical (unpaired) electrons. The van der Waals surface area contributed by atoms with Gasteiger partial charge in [0.2, 0.25) is 0 Å². The topological polar surface area (TPSA) is 75.4 Å². The van der Waals surface area contributed by atoms with E-state index in [1.165, 1.54) is 12.1 Å². The fourth-order valence-electron chi connectivity index (χ4n) is 2.50. The second kappa shape index (κ2) is 6.65. The third-order valence-electron chi connectivity index (χ3n) is 3.78. The van der Waals surface area contributed by atoms with Crippen LogP contribution < -0.4 is 5.32 Å². The summed E-state index contributed by atoms with van der Waals surface area (Å²) in [6, 6.07) is 6.50. The SMILES string of the molecule is CC[C@@H]1C=CC=CC1(O)NCCc1ccc([N+](=O)[O-])cc1. The Bertz CT molecular complexity index is 551. The van der Waals surface area contributed by atoms with Gasteiger partial charge in [0.05, 0.1) is 4.92 Å². The second-order valence-electron chi connectivity index (χ2n) is 5.18. The van der Waals surface area contributed by atoms with Gasteiger partial charge in [0.1, 0.15) is 5.72 Å². The van der Waals surface area contributed by atoms with E-state index >= 15 is 0 Å². The molecule has 2 rings (SSSR count). The third kappa shape index (κ3) is 3.77. The molecule has 2 N–H and O–H groups in total. The maximum atomic E-state index is 10.6. The molecule has 0 amide bonds. The highest BCUT2D eigenvalue weighted by Crippen LogP contribution is 2.24. The highest BCUT2D eigenvalue weighted by atomic mass is 16.6. The van der Waals surface area contributed by atoms with Crippen molar-refractivity contribution in [1.82, 2.24) is 5.32 Å². The molecule has 0 bridgehead atoms. The van der Waals surface area contributed by atoms with Crippen molar-refractivity contribution in [3.63, 3.8) is 0 Å². The number of rotatable bonds is 6. The lowest BCUT2D eigenvalue weighted by atomic mass is 9.89. The molecule has 0 aromatic heterocycles. The largest absolute Gasteiger partial charge is 0.372 e. The lowest BCUT2D eigenvalue weighted by Crippen LogP contribution is -2.50. The minimum Gasteiger partial charge on any atom is -0.372 e. The zero-order valence-corrected chi connectivity index (χ0v) is 12.0. The van der Waals surface area contributed by atoms with Gasteiger partial charge in [-0.15, -0.1) is 0 Å². The van der Waals surface area contributed by atoms with E-state index in [2.05, 4.69) is 5.32 Å². The molecule has 1 unspecified atom stereocenters. The number of hydrogen-bond donors (Lipinski definition) is 2. The number of nitrogens with one attached hydrogen (secondary N) is 1. The van der Waals surface area contributed by atoms with Crippen molar-refractivity contribution in [3.8, 4) is 0 Å². The summed E-state index contributed by atoms with van der Waals surface area (Å²) in [5, 5.41) is 24.3. The van der Waals surface area contributed by atoms with Crippen LogP contribution in [0, 0.1) is 16.0 Å². The molecule has 0 fully saturated rings. The molecule has 5 heteroatoms. The highest BCUT2D eigenvalue weighted by Gasteiger charge is 2.31. The van der Waals surface area contributed by atoms with Gasteiger partial charge in [-0.1, -0.05) is 37.3 Å². The van der Waals surface area contributed by atoms with E-state index in [0.29, 0.717) is 13.0 Å². The number of non-ortho nitro benzene ring substituents is 1. The molecule has 112 valence electrons. The van der Waals surface area contributed by atoms with Crippen molar-refractivity contribution in [2.75, 3.05) is 6.54 Å². The van der Waals surface area contributed by atoms with Crippen LogP contribution in [0.3, 0.4) is 0 Å². The lowest BCUT2D eigenvalue weighted by molar-refractivity contribution is -0.384. The van der Waals surface area contributed by atoms with Gasteiger partial charge in [-0.05, 0) is 24.5 Å². The number of allylic oxidation sites excluding steroid dienone is 2. The van der Waals surface area contributed by atoms with E-state index in [4.69, 9.17) is 0 Å². The van der Waals surface area contributed by atoms with Gasteiger partial charge in [0.15, 0.2) is 0 Å². The fraction of sp³-hybridized carbons (Fsp3) is 0.375. The van der Waals surface area contributed by atoms with Crippen LogP contribution in [0.15, 0.2) is 48.6 Å². The van der Waals surface area contributed by atoms with Crippen molar-refractivity contribution < 1.29 is 10.0 Å². The van der Waals surface area contributed by atoms with Crippen molar-refractivity contribution in [2.45, 2.75) is 25.5 Å². The second-order valence-corrected chi connectivity index (χ2v) is 5.18. The Morgan fingerprint density at radius 3 is 2.67 bits per heavy atom. The summed E-state index contributed by atoms with van der Waals surface area (Å²) in [7, 11) is 0. The van der Waals surface area contributed by atoms with Crippen molar-refractivity contribution >= 4 is 5.69 Å². The zero-order chi connectivity index (χ0) is 15.3. The molecule has 0 heterocycles. The average molecular weight is 288 g/mol. The normalized spacial score (nSPS) is 24.2. The quantitative estimate of drug-likeness (QED) is 0.479. The minimum atomic E-state index is -1.01. The maximum Gasteiger partial charge on any atom is 0.269 e. The number of nitro benzene ring substituents is 1. The molecule has 0 spiro atoms. The van der Waals surface area contributed by atoms with Crippen molar-refractivity contribution in [2.24, 2.45) is 5.92 Å². The van der Waals surface area contributed by atoms with Crippen LogP contribution in [0.5, 0.6) is 0 Å². The van der Waals surface area contributed by atoms with Gasteiger partial charge in [0.25, 0.3) is 5.69 Å². The number of benzene rings is 1. The van der Waals surface area contributed by atoms with Crippen LogP contribution in [0.2, 0.25) is 0 Å². The van der Waals surface area contributed by atoms with E-state index in [-0.39, 0.29) is 11.6 Å². The van der Waals surface area contributed by atoms with Crippen LogP contribution in [0.4, 0.5) is 5.69 Å². The summed E-state index contributed by atoms with van der Waals surface area (Å²) in [4.78, 5) is 10.2. The van der Waals surface area contributed by atoms with Gasteiger partial charge in [-0.2, -0.15) is 0 Å². The first-order valence-electron chi connectivity index (χ1n) is 7.12. The van der Waals surface area contributed by atoms with Gasteiger partial charge in [-0.3, -0.25) is 15.4 Å². The lowest BCUT2D eigenvalue weighted by Gasteiger charge is -2.34. The van der Waals surface area contributed by atoms with Crippen LogP contribution >= 0.6 is 0 Å². The maximum absolute atomic E-state index is 10.6. The molecule has 1 aliphatic carbocycles. The molecule has 1 aliphatic rings. The molecule has 0 aliphatic heterocycles. The monoisotopic (exact) mass is 288 g/mol. The molecule has 1 aromatic carbocycles. The summed E-state index contributed by atoms with van der Waals surface area (Å²) in [5.41, 5.74) is 0.0846. The Morgan fingerprint density at radius 1 is 1.33 bits per heavy atom. The number of nitro groups is 1. The summed E-state index contributed by atoms with van der Waals surface area (Å²) in [6.07, 6.45) is 9.11. The Hall–Kier alpha value is -1.98. The first kappa shape index (κ1) is 15.4. The van der Waals surface area contributed by atoms with Crippen LogP contribution in [0.1, 0.15) is 18.9 Å². The average Bonchev–Trinajstić information content (AvgIpc) is 2.48. The summed E-state index contributed by atoms with van der Waals surface area (Å²) >= 11 is 0. The molecular formula is C16H20N2O3. The molecule has 21 heavy (non-hydrogen) atoms. The fourth-order valence-corrected chi connectivity index (χ4v) is 2.50.